The first-order chi connectivity index (χ1) is 27.8. The zero-order valence-electron chi connectivity index (χ0n) is 30.1. The summed E-state index contributed by atoms with van der Waals surface area (Å²) in [5, 5.41) is 4.32. The van der Waals surface area contributed by atoms with Gasteiger partial charge < -0.3 is 8.83 Å². The second-order valence-electron chi connectivity index (χ2n) is 13.9. The van der Waals surface area contributed by atoms with E-state index in [2.05, 4.69) is 132 Å². The van der Waals surface area contributed by atoms with Crippen LogP contribution in [0.1, 0.15) is 0 Å². The van der Waals surface area contributed by atoms with E-state index >= 15 is 0 Å². The highest BCUT2D eigenvalue weighted by atomic mass is 16.3. The van der Waals surface area contributed by atoms with Crippen LogP contribution in [-0.4, -0.2) is 15.0 Å². The Kier molecular flexibility index (Phi) is 7.42. The highest BCUT2D eigenvalue weighted by molar-refractivity contribution is 6.18. The van der Waals surface area contributed by atoms with E-state index in [9.17, 15) is 0 Å². The molecule has 0 atom stereocenters. The Morgan fingerprint density at radius 3 is 1.79 bits per heavy atom. The summed E-state index contributed by atoms with van der Waals surface area (Å²) in [7, 11) is 0. The van der Waals surface area contributed by atoms with Gasteiger partial charge in [-0.2, -0.15) is 0 Å². The monoisotopic (exact) mass is 717 g/mol. The van der Waals surface area contributed by atoms with Crippen LogP contribution in [0, 0.1) is 0 Å². The number of fused-ring (bicyclic) bond motifs is 6. The van der Waals surface area contributed by atoms with Crippen molar-refractivity contribution in [3.63, 3.8) is 0 Å². The van der Waals surface area contributed by atoms with Crippen molar-refractivity contribution < 1.29 is 8.83 Å². The van der Waals surface area contributed by atoms with Gasteiger partial charge in [-0.15, -0.1) is 0 Å². The summed E-state index contributed by atoms with van der Waals surface area (Å²) in [6.45, 7) is 0. The SMILES string of the molecule is c1ccc(-c2cc(-c3ccccc3-c3cccnc3)nc(-c3ccc(-c4ccc(-c5cccc6c5oc5ccccc56)c5oc6ccccc6c45)cc3)n2)cc1. The minimum Gasteiger partial charge on any atom is -0.455 e. The number of aromatic nitrogens is 3. The Bertz CT molecular complexity index is 3240. The summed E-state index contributed by atoms with van der Waals surface area (Å²) < 4.78 is 13.2. The lowest BCUT2D eigenvalue weighted by molar-refractivity contribution is 0.665. The van der Waals surface area contributed by atoms with E-state index in [1.54, 1.807) is 6.20 Å². The van der Waals surface area contributed by atoms with Crippen molar-refractivity contribution in [2.75, 3.05) is 0 Å². The normalized spacial score (nSPS) is 11.6. The minimum atomic E-state index is 0.655. The van der Waals surface area contributed by atoms with Crippen molar-refractivity contribution in [3.8, 4) is 67.3 Å². The molecule has 0 bridgehead atoms. The van der Waals surface area contributed by atoms with Crippen molar-refractivity contribution in [1.82, 2.24) is 15.0 Å². The van der Waals surface area contributed by atoms with Crippen LogP contribution in [0.4, 0.5) is 0 Å². The van der Waals surface area contributed by atoms with Crippen LogP contribution in [0.15, 0.2) is 197 Å². The molecule has 0 fully saturated rings. The van der Waals surface area contributed by atoms with Crippen LogP contribution in [0.2, 0.25) is 0 Å². The van der Waals surface area contributed by atoms with Gasteiger partial charge in [0.25, 0.3) is 0 Å². The Balaban J connectivity index is 1.05. The Morgan fingerprint density at radius 2 is 0.964 bits per heavy atom. The van der Waals surface area contributed by atoms with Gasteiger partial charge in [0.15, 0.2) is 5.82 Å². The predicted octanol–water partition coefficient (Wildman–Crippen LogP) is 13.7. The minimum absolute atomic E-state index is 0.655. The van der Waals surface area contributed by atoms with Gasteiger partial charge in [-0.05, 0) is 47.0 Å². The molecule has 7 aromatic carbocycles. The molecule has 0 amide bonds. The Hall–Kier alpha value is -7.63. The van der Waals surface area contributed by atoms with Crippen LogP contribution in [-0.2, 0) is 0 Å². The van der Waals surface area contributed by atoms with Crippen LogP contribution < -0.4 is 0 Å². The molecule has 0 aliphatic heterocycles. The smallest absolute Gasteiger partial charge is 0.160 e. The first kappa shape index (κ1) is 31.9. The molecule has 4 aromatic heterocycles. The highest BCUT2D eigenvalue weighted by Crippen LogP contribution is 2.45. The van der Waals surface area contributed by atoms with Crippen LogP contribution in [0.3, 0.4) is 0 Å². The Labute approximate surface area is 322 Å². The van der Waals surface area contributed by atoms with Gasteiger partial charge in [-0.3, -0.25) is 4.98 Å². The molecule has 11 rings (SSSR count). The van der Waals surface area contributed by atoms with Crippen molar-refractivity contribution in [2.24, 2.45) is 0 Å². The van der Waals surface area contributed by atoms with Gasteiger partial charge in [0.05, 0.1) is 11.4 Å². The molecule has 0 saturated heterocycles. The number of hydrogen-bond donors (Lipinski definition) is 0. The van der Waals surface area contributed by atoms with Crippen LogP contribution >= 0.6 is 0 Å². The molecule has 262 valence electrons. The summed E-state index contributed by atoms with van der Waals surface area (Å²) in [5.41, 5.74) is 14.3. The average Bonchev–Trinajstić information content (AvgIpc) is 3.86. The average molecular weight is 718 g/mol. The largest absolute Gasteiger partial charge is 0.455 e. The number of rotatable bonds is 6. The first-order valence-electron chi connectivity index (χ1n) is 18.7. The van der Waals surface area contributed by atoms with Crippen LogP contribution in [0.25, 0.3) is 111 Å². The molecule has 0 spiro atoms. The molecule has 0 aliphatic rings. The third kappa shape index (κ3) is 5.29. The molecular formula is C51H31N3O2. The fourth-order valence-corrected chi connectivity index (χ4v) is 7.99. The van der Waals surface area contributed by atoms with E-state index in [4.69, 9.17) is 18.8 Å². The van der Waals surface area contributed by atoms with Gasteiger partial charge in [0.1, 0.15) is 22.3 Å². The number of hydrogen-bond acceptors (Lipinski definition) is 5. The van der Waals surface area contributed by atoms with E-state index in [1.165, 1.54) is 0 Å². The molecule has 5 nitrogen and oxygen atoms in total. The third-order valence-corrected chi connectivity index (χ3v) is 10.6. The maximum Gasteiger partial charge on any atom is 0.160 e. The molecule has 11 aromatic rings. The number of para-hydroxylation sites is 3. The number of furan rings is 2. The lowest BCUT2D eigenvalue weighted by Gasteiger charge is -2.13. The summed E-state index contributed by atoms with van der Waals surface area (Å²) in [6.07, 6.45) is 3.69. The number of pyridine rings is 1. The maximum absolute atomic E-state index is 6.70. The van der Waals surface area contributed by atoms with Gasteiger partial charge in [-0.1, -0.05) is 146 Å². The van der Waals surface area contributed by atoms with Gasteiger partial charge in [-0.25, -0.2) is 9.97 Å². The fourth-order valence-electron chi connectivity index (χ4n) is 7.99. The first-order valence-corrected chi connectivity index (χ1v) is 18.7. The van der Waals surface area contributed by atoms with Crippen molar-refractivity contribution in [1.29, 1.82) is 0 Å². The molecule has 5 heteroatoms. The standard InChI is InChI=1S/C51H31N3O2/c1-2-12-33(13-3-1)44-30-45(38-16-5-4-15-36(38)35-14-11-29-52-31-35)54-51(53-44)34-25-23-32(24-26-34)37-27-28-42(50-48(37)43-18-7-9-22-47(43)56-50)41-20-10-19-40-39-17-6-8-21-46(39)55-49(40)41/h1-31H. The summed E-state index contributed by atoms with van der Waals surface area (Å²) in [6, 6.07) is 60.5. The lowest BCUT2D eigenvalue weighted by atomic mass is 9.93. The summed E-state index contributed by atoms with van der Waals surface area (Å²) in [4.78, 5) is 14.7. The van der Waals surface area contributed by atoms with Crippen molar-refractivity contribution in [3.05, 3.63) is 188 Å². The molecule has 0 saturated carbocycles. The number of benzene rings is 7. The van der Waals surface area contributed by atoms with E-state index in [0.717, 1.165) is 105 Å². The molecule has 0 aliphatic carbocycles. The molecule has 0 unspecified atom stereocenters. The Morgan fingerprint density at radius 1 is 0.357 bits per heavy atom. The van der Waals surface area contributed by atoms with Gasteiger partial charge >= 0.3 is 0 Å². The van der Waals surface area contributed by atoms with E-state index in [-0.39, 0.29) is 0 Å². The second kappa shape index (κ2) is 13.0. The van der Waals surface area contributed by atoms with E-state index in [0.29, 0.717) is 5.82 Å². The fraction of sp³-hybridized carbons (Fsp3) is 0. The zero-order chi connectivity index (χ0) is 37.0. The maximum atomic E-state index is 6.70. The van der Waals surface area contributed by atoms with Gasteiger partial charge in [0, 0.05) is 67.3 Å². The van der Waals surface area contributed by atoms with Crippen molar-refractivity contribution >= 4 is 43.9 Å². The highest BCUT2D eigenvalue weighted by Gasteiger charge is 2.21. The van der Waals surface area contributed by atoms with Crippen molar-refractivity contribution in [2.45, 2.75) is 0 Å². The van der Waals surface area contributed by atoms with Gasteiger partial charge in [0.2, 0.25) is 0 Å². The molecule has 0 N–H and O–H groups in total. The van der Waals surface area contributed by atoms with E-state index < -0.39 is 0 Å². The lowest BCUT2D eigenvalue weighted by Crippen LogP contribution is -1.97. The van der Waals surface area contributed by atoms with Crippen LogP contribution in [0.5, 0.6) is 0 Å². The topological polar surface area (TPSA) is 65.0 Å². The number of nitrogens with zero attached hydrogens (tertiary/aromatic N) is 3. The molecule has 0 radical (unpaired) electrons. The molecular weight excluding hydrogens is 687 g/mol. The zero-order valence-corrected chi connectivity index (χ0v) is 30.1. The van der Waals surface area contributed by atoms with E-state index in [1.807, 2.05) is 54.7 Å². The summed E-state index contributed by atoms with van der Waals surface area (Å²) >= 11 is 0. The predicted molar refractivity (Wildman–Crippen MR) is 227 cm³/mol. The molecule has 56 heavy (non-hydrogen) atoms. The summed E-state index contributed by atoms with van der Waals surface area (Å²) in [5.74, 6) is 0.655. The molecule has 4 heterocycles. The quantitative estimate of drug-likeness (QED) is 0.171. The third-order valence-electron chi connectivity index (χ3n) is 10.6. The second-order valence-corrected chi connectivity index (χ2v) is 13.9.